The van der Waals surface area contributed by atoms with Gasteiger partial charge in [-0.2, -0.15) is 0 Å². The van der Waals surface area contributed by atoms with Gasteiger partial charge in [0.15, 0.2) is 10.9 Å². The summed E-state index contributed by atoms with van der Waals surface area (Å²) in [6.07, 6.45) is 2.07. The van der Waals surface area contributed by atoms with Crippen molar-refractivity contribution in [2.24, 2.45) is 0 Å². The van der Waals surface area contributed by atoms with E-state index in [4.69, 9.17) is 0 Å². The number of fused-ring (bicyclic) bond motifs is 1. The minimum atomic E-state index is -0.354. The maximum absolute atomic E-state index is 12.9. The molecule has 8 heteroatoms. The Labute approximate surface area is 171 Å². The van der Waals surface area contributed by atoms with Crippen molar-refractivity contribution in [3.63, 3.8) is 0 Å². The highest BCUT2D eigenvalue weighted by atomic mass is 32.1. The van der Waals surface area contributed by atoms with Gasteiger partial charge in [0.2, 0.25) is 5.91 Å². The molecule has 0 atom stereocenters. The number of H-pyrrole nitrogens is 1. The Bertz CT molecular complexity index is 1110. The average molecular weight is 408 g/mol. The molecule has 2 aromatic heterocycles. The van der Waals surface area contributed by atoms with Crippen LogP contribution in [0.1, 0.15) is 51.9 Å². The second kappa shape index (κ2) is 7.63. The number of nitrogens with one attached hydrogen (secondary N) is 3. The van der Waals surface area contributed by atoms with Crippen molar-refractivity contribution in [1.82, 2.24) is 9.97 Å². The van der Waals surface area contributed by atoms with Gasteiger partial charge >= 0.3 is 0 Å². The van der Waals surface area contributed by atoms with Gasteiger partial charge in [0, 0.05) is 30.2 Å². The molecule has 0 bridgehead atoms. The van der Waals surface area contributed by atoms with Gasteiger partial charge in [-0.15, -0.1) is 0 Å². The van der Waals surface area contributed by atoms with E-state index in [1.807, 2.05) is 30.3 Å². The molecule has 0 aliphatic heterocycles. The van der Waals surface area contributed by atoms with Gasteiger partial charge in [0.1, 0.15) is 16.4 Å². The fourth-order valence-electron chi connectivity index (χ4n) is 3.57. The topological polar surface area (TPSA) is 104 Å². The number of carbonyl (C=O) groups is 3. The van der Waals surface area contributed by atoms with Crippen LogP contribution in [-0.2, 0) is 11.2 Å². The fraction of sp³-hybridized carbons (Fsp3) is 0.238. The van der Waals surface area contributed by atoms with Gasteiger partial charge < -0.3 is 10.3 Å². The smallest absolute Gasteiger partial charge is 0.274 e. The summed E-state index contributed by atoms with van der Waals surface area (Å²) in [4.78, 5) is 44.3. The summed E-state index contributed by atoms with van der Waals surface area (Å²) in [7, 11) is 0. The number of anilines is 2. The normalized spacial score (nSPS) is 13.1. The van der Waals surface area contributed by atoms with E-state index in [-0.39, 0.29) is 17.6 Å². The van der Waals surface area contributed by atoms with Crippen molar-refractivity contribution in [3.8, 4) is 11.3 Å². The van der Waals surface area contributed by atoms with Crippen LogP contribution in [0.5, 0.6) is 0 Å². The lowest BCUT2D eigenvalue weighted by molar-refractivity contribution is -0.114. The Hall–Kier alpha value is -3.26. The van der Waals surface area contributed by atoms with Crippen molar-refractivity contribution >= 4 is 39.1 Å². The molecule has 1 aliphatic carbocycles. The largest absolute Gasteiger partial charge is 0.354 e. The first kappa shape index (κ1) is 19.1. The Morgan fingerprint density at radius 3 is 2.59 bits per heavy atom. The average Bonchev–Trinajstić information content (AvgIpc) is 3.23. The number of carbonyl (C=O) groups excluding carboxylic acids is 3. The molecule has 3 N–H and O–H groups in total. The van der Waals surface area contributed by atoms with E-state index in [2.05, 4.69) is 20.6 Å². The molecule has 7 nitrogen and oxygen atoms in total. The SMILES string of the molecule is CC(=O)Nc1sc(NC(=O)c2[nH]c3c(c2C)C(=O)CCC3)nc1-c1ccccc1. The van der Waals surface area contributed by atoms with Crippen molar-refractivity contribution in [1.29, 1.82) is 0 Å². The lowest BCUT2D eigenvalue weighted by Crippen LogP contribution is -2.13. The number of thiazole rings is 1. The van der Waals surface area contributed by atoms with E-state index in [0.29, 0.717) is 39.1 Å². The van der Waals surface area contributed by atoms with Gasteiger partial charge in [0.25, 0.3) is 5.91 Å². The predicted molar refractivity (Wildman–Crippen MR) is 113 cm³/mol. The van der Waals surface area contributed by atoms with Crippen LogP contribution in [0.25, 0.3) is 11.3 Å². The zero-order valence-electron chi connectivity index (χ0n) is 16.1. The molecule has 148 valence electrons. The van der Waals surface area contributed by atoms with Gasteiger partial charge in [-0.1, -0.05) is 41.7 Å². The third kappa shape index (κ3) is 3.71. The molecule has 0 radical (unpaired) electrons. The first-order chi connectivity index (χ1) is 13.9. The molecule has 0 fully saturated rings. The number of hydrogen-bond acceptors (Lipinski definition) is 5. The first-order valence-electron chi connectivity index (χ1n) is 9.34. The number of aromatic amines is 1. The standard InChI is InChI=1S/C21H20N4O3S/c1-11-16-14(9-6-10-15(16)27)23-17(11)19(28)25-21-24-18(13-7-4-3-5-8-13)20(29-21)22-12(2)26/h3-5,7-8,23H,6,9-10H2,1-2H3,(H,22,26)(H,24,25,28). The van der Waals surface area contributed by atoms with Crippen molar-refractivity contribution < 1.29 is 14.4 Å². The number of rotatable bonds is 4. The predicted octanol–water partition coefficient (Wildman–Crippen LogP) is 4.18. The van der Waals surface area contributed by atoms with Crippen molar-refractivity contribution in [3.05, 3.63) is 52.8 Å². The Morgan fingerprint density at radius 1 is 1.14 bits per heavy atom. The zero-order chi connectivity index (χ0) is 20.5. The summed E-state index contributed by atoms with van der Waals surface area (Å²) in [6.45, 7) is 3.21. The molecule has 0 unspecified atom stereocenters. The Kier molecular flexibility index (Phi) is 5.02. The van der Waals surface area contributed by atoms with Crippen LogP contribution in [0, 0.1) is 6.92 Å². The van der Waals surface area contributed by atoms with E-state index in [9.17, 15) is 14.4 Å². The molecule has 0 spiro atoms. The third-order valence-electron chi connectivity index (χ3n) is 4.85. The molecular weight excluding hydrogens is 388 g/mol. The molecular formula is C21H20N4O3S. The molecule has 1 aliphatic rings. The summed E-state index contributed by atoms with van der Waals surface area (Å²) in [5, 5.41) is 6.51. The highest BCUT2D eigenvalue weighted by Crippen LogP contribution is 2.36. The molecule has 29 heavy (non-hydrogen) atoms. The number of ketones is 1. The number of aryl methyl sites for hydroxylation is 1. The number of benzene rings is 1. The van der Waals surface area contributed by atoms with E-state index in [1.165, 1.54) is 18.3 Å². The highest BCUT2D eigenvalue weighted by Gasteiger charge is 2.27. The second-order valence-corrected chi connectivity index (χ2v) is 7.95. The maximum atomic E-state index is 12.9. The van der Waals surface area contributed by atoms with Gasteiger partial charge in [0.05, 0.1) is 0 Å². The second-order valence-electron chi connectivity index (χ2n) is 6.95. The van der Waals surface area contributed by atoms with E-state index < -0.39 is 0 Å². The maximum Gasteiger partial charge on any atom is 0.274 e. The van der Waals surface area contributed by atoms with Crippen LogP contribution >= 0.6 is 11.3 Å². The zero-order valence-corrected chi connectivity index (χ0v) is 16.9. The van der Waals surface area contributed by atoms with Crippen LogP contribution in [-0.4, -0.2) is 27.6 Å². The third-order valence-corrected chi connectivity index (χ3v) is 5.73. The van der Waals surface area contributed by atoms with Gasteiger partial charge in [-0.3, -0.25) is 19.7 Å². The molecule has 4 rings (SSSR count). The van der Waals surface area contributed by atoms with Crippen LogP contribution < -0.4 is 10.6 Å². The lowest BCUT2D eigenvalue weighted by atomic mass is 9.94. The number of aromatic nitrogens is 2. The summed E-state index contributed by atoms with van der Waals surface area (Å²) < 4.78 is 0. The van der Waals surface area contributed by atoms with Crippen molar-refractivity contribution in [2.75, 3.05) is 10.6 Å². The molecule has 1 aromatic carbocycles. The van der Waals surface area contributed by atoms with Gasteiger partial charge in [-0.05, 0) is 25.3 Å². The number of amides is 2. The Balaban J connectivity index is 1.65. The van der Waals surface area contributed by atoms with E-state index in [0.717, 1.165) is 24.1 Å². The lowest BCUT2D eigenvalue weighted by Gasteiger charge is -2.09. The molecule has 0 saturated carbocycles. The minimum absolute atomic E-state index is 0.0765. The van der Waals surface area contributed by atoms with E-state index >= 15 is 0 Å². The monoisotopic (exact) mass is 408 g/mol. The fourth-order valence-corrected chi connectivity index (χ4v) is 4.50. The molecule has 0 saturated heterocycles. The first-order valence-corrected chi connectivity index (χ1v) is 10.2. The quantitative estimate of drug-likeness (QED) is 0.602. The number of nitrogens with zero attached hydrogens (tertiary/aromatic N) is 1. The van der Waals surface area contributed by atoms with Crippen molar-refractivity contribution in [2.45, 2.75) is 33.1 Å². The molecule has 2 amide bonds. The summed E-state index contributed by atoms with van der Waals surface area (Å²) in [5.41, 5.74) is 3.95. The summed E-state index contributed by atoms with van der Waals surface area (Å²) in [6, 6.07) is 9.44. The van der Waals surface area contributed by atoms with Gasteiger partial charge in [-0.25, -0.2) is 4.98 Å². The molecule has 2 heterocycles. The van der Waals surface area contributed by atoms with Crippen LogP contribution in [0.2, 0.25) is 0 Å². The minimum Gasteiger partial charge on any atom is -0.354 e. The summed E-state index contributed by atoms with van der Waals surface area (Å²) in [5.74, 6) is -0.491. The van der Waals surface area contributed by atoms with Crippen LogP contribution in [0.3, 0.4) is 0 Å². The van der Waals surface area contributed by atoms with E-state index in [1.54, 1.807) is 6.92 Å². The van der Waals surface area contributed by atoms with Crippen LogP contribution in [0.4, 0.5) is 10.1 Å². The molecule has 3 aromatic rings. The summed E-state index contributed by atoms with van der Waals surface area (Å²) >= 11 is 1.19. The number of Topliss-reactive ketones (excluding diaryl/α,β-unsaturated/α-hetero) is 1. The highest BCUT2D eigenvalue weighted by molar-refractivity contribution is 7.20. The number of hydrogen-bond donors (Lipinski definition) is 3. The Morgan fingerprint density at radius 2 is 1.90 bits per heavy atom. The van der Waals surface area contributed by atoms with Crippen LogP contribution in [0.15, 0.2) is 30.3 Å².